The number of halogens is 1. The van der Waals surface area contributed by atoms with Gasteiger partial charge in [0.1, 0.15) is 4.21 Å². The molecule has 2 rings (SSSR count). The Bertz CT molecular complexity index is 591. The predicted molar refractivity (Wildman–Crippen MR) is 85.2 cm³/mol. The summed E-state index contributed by atoms with van der Waals surface area (Å²) in [6, 6.07) is 3.26. The third-order valence-corrected chi connectivity index (χ3v) is 7.14. The van der Waals surface area contributed by atoms with E-state index in [0.717, 1.165) is 11.3 Å². The predicted octanol–water partition coefficient (Wildman–Crippen LogP) is 3.30. The summed E-state index contributed by atoms with van der Waals surface area (Å²) in [6.07, 6.45) is 6.33. The Hall–Kier alpha value is -0.590. The first kappa shape index (κ1) is 16.8. The first-order chi connectivity index (χ1) is 9.86. The van der Waals surface area contributed by atoms with E-state index in [2.05, 4.69) is 12.2 Å². The molecule has 1 aromatic heterocycles. The van der Waals surface area contributed by atoms with Gasteiger partial charge in [-0.15, -0.1) is 11.3 Å². The Morgan fingerprint density at radius 3 is 2.62 bits per heavy atom. The van der Waals surface area contributed by atoms with E-state index in [1.165, 1.54) is 38.2 Å². The molecule has 1 amide bonds. The SMILES string of the molecule is CC(NC(=O)Cc1ccc(S(=O)(=O)Cl)s1)C1CCCCC1. The molecular weight excluding hydrogens is 330 g/mol. The van der Waals surface area contributed by atoms with Crippen molar-refractivity contribution >= 4 is 37.0 Å². The third kappa shape index (κ3) is 4.97. The summed E-state index contributed by atoms with van der Waals surface area (Å²) in [4.78, 5) is 12.7. The zero-order valence-electron chi connectivity index (χ0n) is 12.0. The maximum atomic E-state index is 12.0. The highest BCUT2D eigenvalue weighted by molar-refractivity contribution is 8.15. The van der Waals surface area contributed by atoms with Crippen molar-refractivity contribution in [3.63, 3.8) is 0 Å². The van der Waals surface area contributed by atoms with E-state index in [4.69, 9.17) is 10.7 Å². The normalized spacial score (nSPS) is 18.4. The summed E-state index contributed by atoms with van der Waals surface area (Å²) in [7, 11) is 1.58. The van der Waals surface area contributed by atoms with Gasteiger partial charge in [0.25, 0.3) is 9.05 Å². The van der Waals surface area contributed by atoms with Crippen LogP contribution in [0.1, 0.15) is 43.9 Å². The lowest BCUT2D eigenvalue weighted by atomic mass is 9.84. The molecule has 1 fully saturated rings. The lowest BCUT2D eigenvalue weighted by Gasteiger charge is -2.28. The van der Waals surface area contributed by atoms with Gasteiger partial charge < -0.3 is 5.32 Å². The van der Waals surface area contributed by atoms with Gasteiger partial charge in [-0.3, -0.25) is 4.79 Å². The molecule has 21 heavy (non-hydrogen) atoms. The highest BCUT2D eigenvalue weighted by atomic mass is 35.7. The van der Waals surface area contributed by atoms with Crippen molar-refractivity contribution in [2.45, 2.75) is 55.7 Å². The van der Waals surface area contributed by atoms with E-state index in [0.29, 0.717) is 10.8 Å². The number of rotatable bonds is 5. The number of thiophene rings is 1. The Morgan fingerprint density at radius 1 is 1.38 bits per heavy atom. The lowest BCUT2D eigenvalue weighted by Crippen LogP contribution is -2.39. The van der Waals surface area contributed by atoms with Crippen LogP contribution in [0, 0.1) is 5.92 Å². The average Bonchev–Trinajstić information content (AvgIpc) is 2.88. The van der Waals surface area contributed by atoms with E-state index < -0.39 is 9.05 Å². The minimum atomic E-state index is -3.70. The number of hydrogen-bond donors (Lipinski definition) is 1. The molecule has 1 N–H and O–H groups in total. The molecule has 118 valence electrons. The van der Waals surface area contributed by atoms with Crippen LogP contribution in [0.15, 0.2) is 16.3 Å². The molecule has 1 atom stereocenters. The van der Waals surface area contributed by atoms with Crippen molar-refractivity contribution in [1.29, 1.82) is 0 Å². The third-order valence-electron chi connectivity index (χ3n) is 3.96. The van der Waals surface area contributed by atoms with Gasteiger partial charge in [0.15, 0.2) is 0 Å². The van der Waals surface area contributed by atoms with Crippen LogP contribution >= 0.6 is 22.0 Å². The molecule has 0 radical (unpaired) electrons. The topological polar surface area (TPSA) is 63.2 Å². The molecule has 7 heteroatoms. The summed E-state index contributed by atoms with van der Waals surface area (Å²) in [5, 5.41) is 3.03. The first-order valence-electron chi connectivity index (χ1n) is 7.19. The fourth-order valence-electron chi connectivity index (χ4n) is 2.80. The van der Waals surface area contributed by atoms with Crippen molar-refractivity contribution in [1.82, 2.24) is 5.32 Å². The van der Waals surface area contributed by atoms with Crippen LogP contribution in [0.4, 0.5) is 0 Å². The fraction of sp³-hybridized carbons (Fsp3) is 0.643. The standard InChI is InChI=1S/C14H20ClNO3S2/c1-10(11-5-3-2-4-6-11)16-13(17)9-12-7-8-14(20-12)21(15,18)19/h7-8,10-11H,2-6,9H2,1H3,(H,16,17). The van der Waals surface area contributed by atoms with Crippen LogP contribution < -0.4 is 5.32 Å². The molecule has 0 aliphatic heterocycles. The Labute approximate surface area is 134 Å². The van der Waals surface area contributed by atoms with Gasteiger partial charge >= 0.3 is 0 Å². The van der Waals surface area contributed by atoms with E-state index in [-0.39, 0.29) is 22.6 Å². The zero-order chi connectivity index (χ0) is 15.5. The zero-order valence-corrected chi connectivity index (χ0v) is 14.4. The summed E-state index contributed by atoms with van der Waals surface area (Å²) in [6.45, 7) is 2.05. The van der Waals surface area contributed by atoms with E-state index >= 15 is 0 Å². The summed E-state index contributed by atoms with van der Waals surface area (Å²) < 4.78 is 22.5. The molecule has 0 aromatic carbocycles. The van der Waals surface area contributed by atoms with Crippen molar-refractivity contribution in [3.8, 4) is 0 Å². The molecule has 1 aromatic rings. The van der Waals surface area contributed by atoms with Crippen LogP contribution in [-0.2, 0) is 20.3 Å². The second kappa shape index (κ2) is 7.11. The average molecular weight is 350 g/mol. The molecule has 4 nitrogen and oxygen atoms in total. The number of nitrogens with one attached hydrogen (secondary N) is 1. The summed E-state index contributed by atoms with van der Waals surface area (Å²) in [5.74, 6) is 0.498. The van der Waals surface area contributed by atoms with Gasteiger partial charge in [-0.1, -0.05) is 19.3 Å². The van der Waals surface area contributed by atoms with E-state index in [9.17, 15) is 13.2 Å². The van der Waals surface area contributed by atoms with Crippen molar-refractivity contribution in [2.24, 2.45) is 5.92 Å². The van der Waals surface area contributed by atoms with Crippen molar-refractivity contribution in [3.05, 3.63) is 17.0 Å². The molecule has 1 aliphatic carbocycles. The minimum Gasteiger partial charge on any atom is -0.353 e. The molecular formula is C14H20ClNO3S2. The smallest absolute Gasteiger partial charge is 0.270 e. The van der Waals surface area contributed by atoms with Gasteiger partial charge in [0.2, 0.25) is 5.91 Å². The summed E-state index contributed by atoms with van der Waals surface area (Å²) >= 11 is 1.05. The number of hydrogen-bond acceptors (Lipinski definition) is 4. The number of amides is 1. The number of carbonyl (C=O) groups is 1. The van der Waals surface area contributed by atoms with E-state index in [1.54, 1.807) is 6.07 Å². The molecule has 1 saturated carbocycles. The van der Waals surface area contributed by atoms with Gasteiger partial charge in [0.05, 0.1) is 6.42 Å². The molecule has 1 heterocycles. The van der Waals surface area contributed by atoms with Gasteiger partial charge in [-0.25, -0.2) is 8.42 Å². The Morgan fingerprint density at radius 2 is 2.05 bits per heavy atom. The Balaban J connectivity index is 1.88. The molecule has 0 bridgehead atoms. The largest absolute Gasteiger partial charge is 0.353 e. The van der Waals surface area contributed by atoms with Gasteiger partial charge in [0, 0.05) is 21.6 Å². The maximum Gasteiger partial charge on any atom is 0.270 e. The maximum absolute atomic E-state index is 12.0. The van der Waals surface area contributed by atoms with E-state index in [1.807, 2.05) is 0 Å². The van der Waals surface area contributed by atoms with Crippen LogP contribution in [0.3, 0.4) is 0 Å². The highest BCUT2D eigenvalue weighted by Crippen LogP contribution is 2.27. The van der Waals surface area contributed by atoms with Gasteiger partial charge in [-0.2, -0.15) is 0 Å². The van der Waals surface area contributed by atoms with Crippen molar-refractivity contribution < 1.29 is 13.2 Å². The molecule has 0 saturated heterocycles. The quantitative estimate of drug-likeness (QED) is 0.829. The van der Waals surface area contributed by atoms with Crippen molar-refractivity contribution in [2.75, 3.05) is 0 Å². The Kier molecular flexibility index (Phi) is 5.68. The van der Waals surface area contributed by atoms with Crippen LogP contribution in [0.2, 0.25) is 0 Å². The lowest BCUT2D eigenvalue weighted by molar-refractivity contribution is -0.121. The molecule has 1 unspecified atom stereocenters. The monoisotopic (exact) mass is 349 g/mol. The fourth-order valence-corrected chi connectivity index (χ4v) is 4.92. The first-order valence-corrected chi connectivity index (χ1v) is 10.3. The van der Waals surface area contributed by atoms with Crippen LogP contribution in [0.25, 0.3) is 0 Å². The van der Waals surface area contributed by atoms with Crippen LogP contribution in [0.5, 0.6) is 0 Å². The molecule has 1 aliphatic rings. The highest BCUT2D eigenvalue weighted by Gasteiger charge is 2.22. The van der Waals surface area contributed by atoms with Gasteiger partial charge in [-0.05, 0) is 37.8 Å². The second-order valence-electron chi connectivity index (χ2n) is 5.59. The minimum absolute atomic E-state index is 0.0616. The summed E-state index contributed by atoms with van der Waals surface area (Å²) in [5.41, 5.74) is 0. The van der Waals surface area contributed by atoms with Crippen LogP contribution in [-0.4, -0.2) is 20.4 Å². The number of carbonyl (C=O) groups excluding carboxylic acids is 1. The molecule has 0 spiro atoms. The second-order valence-corrected chi connectivity index (χ2v) is 9.55.